The number of anilines is 1. The predicted octanol–water partition coefficient (Wildman–Crippen LogP) is 2.81. The average molecular weight is 350 g/mol. The molecule has 2 amide bonds. The number of thioether (sulfide) groups is 1. The number of hydrogen-bond donors (Lipinski definition) is 1. The van der Waals surface area contributed by atoms with Crippen LogP contribution in [0.1, 0.15) is 6.42 Å². The van der Waals surface area contributed by atoms with Gasteiger partial charge in [-0.3, -0.25) is 14.9 Å². The van der Waals surface area contributed by atoms with Gasteiger partial charge in [0.15, 0.2) is 11.4 Å². The van der Waals surface area contributed by atoms with Gasteiger partial charge < -0.3 is 0 Å². The molecule has 0 bridgehead atoms. The normalized spacial score (nSPS) is 17.5. The second-order valence-corrected chi connectivity index (χ2v) is 6.39. The lowest BCUT2D eigenvalue weighted by atomic mass is 10.3. The zero-order valence-corrected chi connectivity index (χ0v) is 13.9. The first-order valence-corrected chi connectivity index (χ1v) is 8.44. The second-order valence-electron chi connectivity index (χ2n) is 5.20. The summed E-state index contributed by atoms with van der Waals surface area (Å²) in [5.41, 5.74) is 1.21. The van der Waals surface area contributed by atoms with Crippen molar-refractivity contribution in [3.63, 3.8) is 0 Å². The Bertz CT molecular complexity index is 846. The zero-order chi connectivity index (χ0) is 17.6. The van der Waals surface area contributed by atoms with Crippen LogP contribution in [0.2, 0.25) is 0 Å². The molecule has 0 aliphatic carbocycles. The van der Waals surface area contributed by atoms with E-state index in [-0.39, 0.29) is 23.4 Å². The Balaban J connectivity index is 1.80. The molecule has 1 aliphatic rings. The Kier molecular flexibility index (Phi) is 5.11. The lowest BCUT2D eigenvalue weighted by Crippen LogP contribution is -2.32. The summed E-state index contributed by atoms with van der Waals surface area (Å²) in [5.74, 6) is -0.563. The van der Waals surface area contributed by atoms with Crippen LogP contribution >= 0.6 is 11.8 Å². The van der Waals surface area contributed by atoms with Gasteiger partial charge in [0.2, 0.25) is 11.8 Å². The molecule has 1 saturated heterocycles. The van der Waals surface area contributed by atoms with Crippen molar-refractivity contribution in [1.82, 2.24) is 5.32 Å². The number of amidine groups is 1. The number of carbonyl (C=O) groups excluding carboxylic acids is 2. The molecule has 2 aromatic rings. The van der Waals surface area contributed by atoms with Crippen molar-refractivity contribution in [2.24, 2.45) is 4.99 Å². The van der Waals surface area contributed by atoms with Crippen LogP contribution < -0.4 is 10.2 Å². The quantitative estimate of drug-likeness (QED) is 0.302. The number of nitriles is 1. The number of rotatable bonds is 3. The van der Waals surface area contributed by atoms with Gasteiger partial charge in [0.1, 0.15) is 5.25 Å². The minimum atomic E-state index is -0.615. The molecule has 1 unspecified atom stereocenters. The first-order valence-electron chi connectivity index (χ1n) is 7.56. The number of nitrogens with zero attached hydrogens (tertiary/aromatic N) is 3. The maximum Gasteiger partial charge on any atom is 0.247 e. The maximum absolute atomic E-state index is 12.6. The van der Waals surface area contributed by atoms with Crippen molar-refractivity contribution in [2.75, 3.05) is 4.90 Å². The molecule has 7 heteroatoms. The number of benzene rings is 2. The van der Waals surface area contributed by atoms with E-state index in [1.165, 1.54) is 4.90 Å². The van der Waals surface area contributed by atoms with Crippen LogP contribution in [-0.4, -0.2) is 22.2 Å². The first-order chi connectivity index (χ1) is 12.2. The van der Waals surface area contributed by atoms with E-state index in [1.807, 2.05) is 30.5 Å². The van der Waals surface area contributed by atoms with Gasteiger partial charge in [0, 0.05) is 6.42 Å². The molecule has 3 rings (SSSR count). The van der Waals surface area contributed by atoms with Crippen LogP contribution in [0.15, 0.2) is 65.7 Å². The molecule has 25 heavy (non-hydrogen) atoms. The van der Waals surface area contributed by atoms with Crippen LogP contribution in [0.3, 0.4) is 0 Å². The largest absolute Gasteiger partial charge is 0.274 e. The van der Waals surface area contributed by atoms with Gasteiger partial charge in [-0.1, -0.05) is 48.2 Å². The minimum absolute atomic E-state index is 0.0688. The second kappa shape index (κ2) is 7.64. The lowest BCUT2D eigenvalue weighted by molar-refractivity contribution is -0.121. The van der Waals surface area contributed by atoms with Gasteiger partial charge in [-0.2, -0.15) is 5.26 Å². The highest BCUT2D eigenvalue weighted by Gasteiger charge is 2.40. The fourth-order valence-electron chi connectivity index (χ4n) is 2.43. The monoisotopic (exact) mass is 350 g/mol. The smallest absolute Gasteiger partial charge is 0.247 e. The number of para-hydroxylation sites is 2. The number of aliphatic imine (C=N–C) groups is 1. The SMILES string of the molecule is N#CNC(=Nc1ccccc1)SC1CC(=O)N(c2ccccc2)C1=O. The molecule has 1 aliphatic heterocycles. The Labute approximate surface area is 149 Å². The third-order valence-corrected chi connectivity index (χ3v) is 4.59. The average Bonchev–Trinajstić information content (AvgIpc) is 2.90. The first kappa shape index (κ1) is 16.7. The van der Waals surface area contributed by atoms with Gasteiger partial charge in [0.25, 0.3) is 0 Å². The molecule has 1 N–H and O–H groups in total. The summed E-state index contributed by atoms with van der Waals surface area (Å²) < 4.78 is 0. The van der Waals surface area contributed by atoms with Crippen LogP contribution in [0.4, 0.5) is 11.4 Å². The Morgan fingerprint density at radius 3 is 2.40 bits per heavy atom. The van der Waals surface area contributed by atoms with Crippen LogP contribution in [0, 0.1) is 11.5 Å². The van der Waals surface area contributed by atoms with Gasteiger partial charge in [-0.25, -0.2) is 9.89 Å². The molecular weight excluding hydrogens is 336 g/mol. The molecule has 1 heterocycles. The summed E-state index contributed by atoms with van der Waals surface area (Å²) in [6.45, 7) is 0. The summed E-state index contributed by atoms with van der Waals surface area (Å²) in [4.78, 5) is 30.4. The van der Waals surface area contributed by atoms with Crippen LogP contribution in [-0.2, 0) is 9.59 Å². The highest BCUT2D eigenvalue weighted by Crippen LogP contribution is 2.30. The Hall–Kier alpha value is -3.11. The van der Waals surface area contributed by atoms with E-state index in [1.54, 1.807) is 36.4 Å². The fourth-order valence-corrected chi connectivity index (χ4v) is 3.39. The number of carbonyl (C=O) groups is 2. The predicted molar refractivity (Wildman–Crippen MR) is 97.2 cm³/mol. The third-order valence-electron chi connectivity index (χ3n) is 3.52. The Morgan fingerprint density at radius 2 is 1.76 bits per heavy atom. The van der Waals surface area contributed by atoms with Crippen molar-refractivity contribution in [3.05, 3.63) is 60.7 Å². The summed E-state index contributed by atoms with van der Waals surface area (Å²) >= 11 is 1.09. The van der Waals surface area contributed by atoms with E-state index < -0.39 is 5.25 Å². The van der Waals surface area contributed by atoms with E-state index in [2.05, 4.69) is 10.3 Å². The number of amides is 2. The summed E-state index contributed by atoms with van der Waals surface area (Å²) in [6, 6.07) is 17.9. The maximum atomic E-state index is 12.6. The van der Waals surface area contributed by atoms with Crippen molar-refractivity contribution in [2.45, 2.75) is 11.7 Å². The molecule has 1 fully saturated rings. The summed E-state index contributed by atoms with van der Waals surface area (Å²) in [7, 11) is 0. The lowest BCUT2D eigenvalue weighted by Gasteiger charge is -2.14. The topological polar surface area (TPSA) is 85.6 Å². The highest BCUT2D eigenvalue weighted by atomic mass is 32.2. The molecule has 0 radical (unpaired) electrons. The minimum Gasteiger partial charge on any atom is -0.274 e. The van der Waals surface area contributed by atoms with Crippen molar-refractivity contribution in [3.8, 4) is 6.19 Å². The molecule has 2 aromatic carbocycles. The summed E-state index contributed by atoms with van der Waals surface area (Å²) in [5, 5.41) is 11.1. The number of nitrogens with one attached hydrogen (secondary N) is 1. The number of imide groups is 1. The highest BCUT2D eigenvalue weighted by molar-refractivity contribution is 8.15. The third kappa shape index (κ3) is 3.87. The molecule has 0 aromatic heterocycles. The zero-order valence-electron chi connectivity index (χ0n) is 13.1. The van der Waals surface area contributed by atoms with E-state index in [9.17, 15) is 9.59 Å². The van der Waals surface area contributed by atoms with E-state index in [0.29, 0.717) is 11.4 Å². The van der Waals surface area contributed by atoms with Gasteiger partial charge in [-0.15, -0.1) is 0 Å². The van der Waals surface area contributed by atoms with E-state index >= 15 is 0 Å². The van der Waals surface area contributed by atoms with Crippen molar-refractivity contribution >= 4 is 40.1 Å². The molecule has 0 spiro atoms. The molecule has 1 atom stereocenters. The summed E-state index contributed by atoms with van der Waals surface area (Å²) in [6.07, 6.45) is 1.89. The van der Waals surface area contributed by atoms with Crippen LogP contribution in [0.25, 0.3) is 0 Å². The Morgan fingerprint density at radius 1 is 1.12 bits per heavy atom. The molecule has 6 nitrogen and oxygen atoms in total. The molecule has 124 valence electrons. The molecule has 0 saturated carbocycles. The van der Waals surface area contributed by atoms with Gasteiger partial charge in [-0.05, 0) is 24.3 Å². The van der Waals surface area contributed by atoms with Gasteiger partial charge >= 0.3 is 0 Å². The van der Waals surface area contributed by atoms with Crippen molar-refractivity contribution < 1.29 is 9.59 Å². The standard InChI is InChI=1S/C18H14N4O2S/c19-12-20-18(21-13-7-3-1-4-8-13)25-15-11-16(23)22(17(15)24)14-9-5-2-6-10-14/h1-10,15H,11H2,(H,20,21). The van der Waals surface area contributed by atoms with E-state index in [0.717, 1.165) is 11.8 Å². The van der Waals surface area contributed by atoms with E-state index in [4.69, 9.17) is 5.26 Å². The van der Waals surface area contributed by atoms with Gasteiger partial charge in [0.05, 0.1) is 11.4 Å². The van der Waals surface area contributed by atoms with Crippen molar-refractivity contribution in [1.29, 1.82) is 5.26 Å². The van der Waals surface area contributed by atoms with Crippen LogP contribution in [0.5, 0.6) is 0 Å². The molecular formula is C18H14N4O2S. The number of hydrogen-bond acceptors (Lipinski definition) is 5. The fraction of sp³-hybridized carbons (Fsp3) is 0.111.